The van der Waals surface area contributed by atoms with Crippen LogP contribution >= 0.6 is 23.2 Å². The molecule has 1 aliphatic rings. The van der Waals surface area contributed by atoms with Gasteiger partial charge in [0.25, 0.3) is 0 Å². The van der Waals surface area contributed by atoms with Crippen molar-refractivity contribution in [3.63, 3.8) is 0 Å². The highest BCUT2D eigenvalue weighted by molar-refractivity contribution is 6.33. The van der Waals surface area contributed by atoms with E-state index in [0.717, 1.165) is 19.3 Å². The molecule has 1 fully saturated rings. The molecule has 0 bridgehead atoms. The summed E-state index contributed by atoms with van der Waals surface area (Å²) in [6.07, 6.45) is 3.33. The topological polar surface area (TPSA) is 75.1 Å². The maximum atomic E-state index is 11.5. The first-order valence-corrected chi connectivity index (χ1v) is 6.88. The molecule has 2 atom stereocenters. The molecule has 1 aromatic rings. The highest BCUT2D eigenvalue weighted by atomic mass is 35.5. The van der Waals surface area contributed by atoms with Gasteiger partial charge in [-0.15, -0.1) is 10.2 Å². The van der Waals surface area contributed by atoms with E-state index in [1.807, 2.05) is 0 Å². The summed E-state index contributed by atoms with van der Waals surface area (Å²) in [5, 5.41) is 20.4. The van der Waals surface area contributed by atoms with Crippen LogP contribution in [0.3, 0.4) is 0 Å². The second kappa shape index (κ2) is 5.51. The van der Waals surface area contributed by atoms with Crippen molar-refractivity contribution < 1.29 is 9.90 Å². The molecular weight excluding hydrogens is 289 g/mol. The van der Waals surface area contributed by atoms with E-state index in [-0.39, 0.29) is 16.3 Å². The van der Waals surface area contributed by atoms with E-state index in [1.54, 1.807) is 13.0 Å². The Kier molecular flexibility index (Phi) is 4.16. The molecule has 2 unspecified atom stereocenters. The lowest BCUT2D eigenvalue weighted by Crippen LogP contribution is -2.46. The Morgan fingerprint density at radius 3 is 2.89 bits per heavy atom. The minimum absolute atomic E-state index is 0.197. The number of aliphatic carboxylic acids is 1. The molecule has 1 saturated carbocycles. The number of carbonyl (C=O) groups is 1. The molecule has 5 nitrogen and oxygen atoms in total. The van der Waals surface area contributed by atoms with E-state index in [0.29, 0.717) is 12.1 Å². The van der Waals surface area contributed by atoms with E-state index in [9.17, 15) is 9.90 Å². The second-order valence-corrected chi connectivity index (χ2v) is 5.78. The average Bonchev–Trinajstić information content (AvgIpc) is 2.36. The molecule has 2 N–H and O–H groups in total. The standard InChI is InChI=1S/C12H15Cl2N3O2/c1-12(11(18)19)5-3-2-4-8(12)15-7-6-9(13)16-17-10(7)14/h6,8H,2-5H2,1H3,(H,15,16)(H,18,19). The van der Waals surface area contributed by atoms with Crippen molar-refractivity contribution in [3.8, 4) is 0 Å². The molecule has 0 aliphatic heterocycles. The quantitative estimate of drug-likeness (QED) is 0.896. The molecule has 19 heavy (non-hydrogen) atoms. The monoisotopic (exact) mass is 303 g/mol. The van der Waals surface area contributed by atoms with Crippen LogP contribution in [0.25, 0.3) is 0 Å². The van der Waals surface area contributed by atoms with Gasteiger partial charge in [0, 0.05) is 12.1 Å². The lowest BCUT2D eigenvalue weighted by atomic mass is 9.71. The molecular formula is C12H15Cl2N3O2. The predicted molar refractivity (Wildman–Crippen MR) is 73.7 cm³/mol. The molecule has 1 aromatic heterocycles. The van der Waals surface area contributed by atoms with Gasteiger partial charge in [0.15, 0.2) is 10.3 Å². The minimum Gasteiger partial charge on any atom is -0.481 e. The normalized spacial score (nSPS) is 27.0. The van der Waals surface area contributed by atoms with Crippen molar-refractivity contribution in [2.24, 2.45) is 5.41 Å². The SMILES string of the molecule is CC1(C(=O)O)CCCCC1Nc1cc(Cl)nnc1Cl. The summed E-state index contributed by atoms with van der Waals surface area (Å²) in [6, 6.07) is 1.37. The van der Waals surface area contributed by atoms with E-state index >= 15 is 0 Å². The number of anilines is 1. The van der Waals surface area contributed by atoms with Gasteiger partial charge in [-0.05, 0) is 19.8 Å². The number of halogens is 2. The minimum atomic E-state index is -0.808. The molecule has 0 radical (unpaired) electrons. The van der Waals surface area contributed by atoms with Crippen LogP contribution in [0.5, 0.6) is 0 Å². The Balaban J connectivity index is 2.25. The molecule has 1 aliphatic carbocycles. The average molecular weight is 304 g/mol. The van der Waals surface area contributed by atoms with Crippen LogP contribution < -0.4 is 5.32 Å². The van der Waals surface area contributed by atoms with Crippen molar-refractivity contribution in [2.45, 2.75) is 38.6 Å². The number of hydrogen-bond acceptors (Lipinski definition) is 4. The molecule has 0 aromatic carbocycles. The maximum absolute atomic E-state index is 11.5. The molecule has 104 valence electrons. The van der Waals surface area contributed by atoms with Crippen LogP contribution in [0.1, 0.15) is 32.6 Å². The lowest BCUT2D eigenvalue weighted by Gasteiger charge is -2.38. The van der Waals surface area contributed by atoms with Crippen molar-refractivity contribution in [1.29, 1.82) is 0 Å². The van der Waals surface area contributed by atoms with E-state index in [1.165, 1.54) is 0 Å². The summed E-state index contributed by atoms with van der Waals surface area (Å²) in [5.74, 6) is -0.797. The smallest absolute Gasteiger partial charge is 0.311 e. The first kappa shape index (κ1) is 14.3. The van der Waals surface area contributed by atoms with Crippen LogP contribution in [-0.4, -0.2) is 27.3 Å². The van der Waals surface area contributed by atoms with Gasteiger partial charge >= 0.3 is 5.97 Å². The van der Waals surface area contributed by atoms with Gasteiger partial charge in [-0.3, -0.25) is 4.79 Å². The summed E-state index contributed by atoms with van der Waals surface area (Å²) in [4.78, 5) is 11.5. The second-order valence-electron chi connectivity index (χ2n) is 5.04. The Hall–Kier alpha value is -1.07. The summed E-state index contributed by atoms with van der Waals surface area (Å²) in [6.45, 7) is 1.76. The number of nitrogens with one attached hydrogen (secondary N) is 1. The summed E-state index contributed by atoms with van der Waals surface area (Å²) in [5.41, 5.74) is -0.279. The Bertz CT molecular complexity index is 498. The van der Waals surface area contributed by atoms with Crippen LogP contribution in [0.2, 0.25) is 10.3 Å². The highest BCUT2D eigenvalue weighted by Crippen LogP contribution is 2.39. The van der Waals surface area contributed by atoms with Gasteiger partial charge in [0.2, 0.25) is 0 Å². The third-order valence-electron chi connectivity index (χ3n) is 3.75. The molecule has 2 rings (SSSR count). The summed E-state index contributed by atoms with van der Waals surface area (Å²) >= 11 is 11.7. The maximum Gasteiger partial charge on any atom is 0.311 e. The molecule has 0 spiro atoms. The number of carboxylic acids is 1. The van der Waals surface area contributed by atoms with Crippen molar-refractivity contribution >= 4 is 34.9 Å². The zero-order valence-electron chi connectivity index (χ0n) is 10.5. The number of aromatic nitrogens is 2. The third-order valence-corrected chi connectivity index (χ3v) is 4.21. The number of carboxylic acid groups (broad SMARTS) is 1. The van der Waals surface area contributed by atoms with E-state index < -0.39 is 11.4 Å². The fraction of sp³-hybridized carbons (Fsp3) is 0.583. The van der Waals surface area contributed by atoms with Crippen LogP contribution in [0.4, 0.5) is 5.69 Å². The van der Waals surface area contributed by atoms with Crippen molar-refractivity contribution in [3.05, 3.63) is 16.4 Å². The number of rotatable bonds is 3. The first-order chi connectivity index (χ1) is 8.93. The summed E-state index contributed by atoms with van der Waals surface area (Å²) < 4.78 is 0. The molecule has 0 saturated heterocycles. The van der Waals surface area contributed by atoms with E-state index in [2.05, 4.69) is 15.5 Å². The van der Waals surface area contributed by atoms with Gasteiger partial charge in [0.05, 0.1) is 11.1 Å². The van der Waals surface area contributed by atoms with Crippen molar-refractivity contribution in [2.75, 3.05) is 5.32 Å². The Morgan fingerprint density at radius 2 is 2.21 bits per heavy atom. The van der Waals surface area contributed by atoms with Crippen LogP contribution in [0, 0.1) is 5.41 Å². The fourth-order valence-electron chi connectivity index (χ4n) is 2.46. The fourth-order valence-corrected chi connectivity index (χ4v) is 2.76. The zero-order valence-corrected chi connectivity index (χ0v) is 12.0. The Labute approximate surface area is 121 Å². The number of nitrogens with zero attached hydrogens (tertiary/aromatic N) is 2. The predicted octanol–water partition coefficient (Wildman–Crippen LogP) is 3.23. The zero-order chi connectivity index (χ0) is 14.0. The van der Waals surface area contributed by atoms with E-state index in [4.69, 9.17) is 23.2 Å². The summed E-state index contributed by atoms with van der Waals surface area (Å²) in [7, 11) is 0. The number of hydrogen-bond donors (Lipinski definition) is 2. The van der Waals surface area contributed by atoms with Gasteiger partial charge in [-0.2, -0.15) is 0 Å². The van der Waals surface area contributed by atoms with Crippen LogP contribution in [0.15, 0.2) is 6.07 Å². The van der Waals surface area contributed by atoms with Gasteiger partial charge in [0.1, 0.15) is 0 Å². The molecule has 0 amide bonds. The largest absolute Gasteiger partial charge is 0.481 e. The molecule has 1 heterocycles. The lowest BCUT2D eigenvalue weighted by molar-refractivity contribution is -0.150. The van der Waals surface area contributed by atoms with Crippen molar-refractivity contribution in [1.82, 2.24) is 10.2 Å². The molecule has 7 heteroatoms. The van der Waals surface area contributed by atoms with Gasteiger partial charge in [-0.25, -0.2) is 0 Å². The van der Waals surface area contributed by atoms with Gasteiger partial charge < -0.3 is 10.4 Å². The van der Waals surface area contributed by atoms with Gasteiger partial charge in [-0.1, -0.05) is 36.0 Å². The highest BCUT2D eigenvalue weighted by Gasteiger charge is 2.43. The first-order valence-electron chi connectivity index (χ1n) is 6.12. The third kappa shape index (κ3) is 2.92. The van der Waals surface area contributed by atoms with Crippen LogP contribution in [-0.2, 0) is 4.79 Å². The Morgan fingerprint density at radius 1 is 1.47 bits per heavy atom.